The number of benzene rings is 3. The normalized spacial score (nSPS) is 17.0. The summed E-state index contributed by atoms with van der Waals surface area (Å²) >= 11 is 0. The van der Waals surface area contributed by atoms with E-state index in [9.17, 15) is 9.59 Å². The Labute approximate surface area is 171 Å². The molecule has 1 fully saturated rings. The third-order valence-corrected chi connectivity index (χ3v) is 5.61. The Morgan fingerprint density at radius 3 is 2.17 bits per heavy atom. The van der Waals surface area contributed by atoms with E-state index in [-0.39, 0.29) is 18.4 Å². The van der Waals surface area contributed by atoms with Gasteiger partial charge in [-0.2, -0.15) is 0 Å². The van der Waals surface area contributed by atoms with Crippen molar-refractivity contribution in [2.24, 2.45) is 0 Å². The van der Waals surface area contributed by atoms with Crippen molar-refractivity contribution < 1.29 is 9.59 Å². The minimum atomic E-state index is -0.695. The van der Waals surface area contributed by atoms with E-state index in [2.05, 4.69) is 0 Å². The van der Waals surface area contributed by atoms with Crippen LogP contribution in [-0.2, 0) is 9.59 Å². The number of amides is 2. The zero-order valence-corrected chi connectivity index (χ0v) is 16.9. The van der Waals surface area contributed by atoms with Crippen LogP contribution >= 0.6 is 0 Å². The molecule has 29 heavy (non-hydrogen) atoms. The molecule has 1 aliphatic heterocycles. The number of hydrogen-bond acceptors (Lipinski definition) is 2. The molecule has 0 aromatic heterocycles. The highest BCUT2D eigenvalue weighted by atomic mass is 16.2. The number of para-hydroxylation sites is 1. The molecule has 4 heteroatoms. The SMILES string of the molecule is Cc1ccc([C@H]2C(=O)N(c3cccc(C)c3C)CC(=O)N2c2ccccc2)cc1. The highest BCUT2D eigenvalue weighted by Gasteiger charge is 2.42. The van der Waals surface area contributed by atoms with Gasteiger partial charge in [-0.3, -0.25) is 14.5 Å². The van der Waals surface area contributed by atoms with Gasteiger partial charge in [0.15, 0.2) is 0 Å². The highest BCUT2D eigenvalue weighted by Crippen LogP contribution is 2.35. The van der Waals surface area contributed by atoms with Crippen molar-refractivity contribution in [2.75, 3.05) is 16.3 Å². The fourth-order valence-electron chi connectivity index (χ4n) is 3.85. The van der Waals surface area contributed by atoms with Crippen LogP contribution in [0, 0.1) is 20.8 Å². The Morgan fingerprint density at radius 1 is 0.793 bits per heavy atom. The number of carbonyl (C=O) groups is 2. The lowest BCUT2D eigenvalue weighted by atomic mass is 9.97. The van der Waals surface area contributed by atoms with E-state index in [1.807, 2.05) is 93.6 Å². The van der Waals surface area contributed by atoms with Gasteiger partial charge >= 0.3 is 0 Å². The third-order valence-electron chi connectivity index (χ3n) is 5.61. The van der Waals surface area contributed by atoms with Crippen molar-refractivity contribution in [3.8, 4) is 0 Å². The lowest BCUT2D eigenvalue weighted by Gasteiger charge is -2.41. The standard InChI is InChI=1S/C25H24N2O2/c1-17-12-14-20(15-13-17)24-25(29)26(22-11-7-8-18(2)19(22)3)16-23(28)27(24)21-9-5-4-6-10-21/h4-15,24H,16H2,1-3H3/t24-/m0/s1. The van der Waals surface area contributed by atoms with Crippen LogP contribution in [0.4, 0.5) is 11.4 Å². The van der Waals surface area contributed by atoms with E-state index in [0.29, 0.717) is 0 Å². The molecule has 0 unspecified atom stereocenters. The van der Waals surface area contributed by atoms with Gasteiger partial charge in [0, 0.05) is 11.4 Å². The molecule has 0 bridgehead atoms. The van der Waals surface area contributed by atoms with Crippen molar-refractivity contribution in [1.29, 1.82) is 0 Å². The van der Waals surface area contributed by atoms with Crippen molar-refractivity contribution in [2.45, 2.75) is 26.8 Å². The van der Waals surface area contributed by atoms with E-state index in [0.717, 1.165) is 33.6 Å². The first-order chi connectivity index (χ1) is 14.0. The van der Waals surface area contributed by atoms with E-state index in [4.69, 9.17) is 0 Å². The molecule has 0 N–H and O–H groups in total. The quantitative estimate of drug-likeness (QED) is 0.655. The fourth-order valence-corrected chi connectivity index (χ4v) is 3.85. The minimum Gasteiger partial charge on any atom is -0.301 e. The van der Waals surface area contributed by atoms with Crippen LogP contribution in [-0.4, -0.2) is 18.4 Å². The Bertz CT molecular complexity index is 1060. The van der Waals surface area contributed by atoms with Gasteiger partial charge in [-0.1, -0.05) is 60.2 Å². The van der Waals surface area contributed by atoms with E-state index in [1.165, 1.54) is 0 Å². The molecule has 4 nitrogen and oxygen atoms in total. The van der Waals surface area contributed by atoms with Crippen LogP contribution in [0.25, 0.3) is 0 Å². The van der Waals surface area contributed by atoms with E-state index < -0.39 is 6.04 Å². The monoisotopic (exact) mass is 384 g/mol. The van der Waals surface area contributed by atoms with Crippen molar-refractivity contribution >= 4 is 23.2 Å². The molecule has 0 aliphatic carbocycles. The second-order valence-corrected chi connectivity index (χ2v) is 7.56. The molecule has 2 amide bonds. The maximum atomic E-state index is 13.7. The molecular weight excluding hydrogens is 360 g/mol. The van der Waals surface area contributed by atoms with Gasteiger partial charge in [0.1, 0.15) is 12.6 Å². The van der Waals surface area contributed by atoms with E-state index in [1.54, 1.807) is 9.80 Å². The van der Waals surface area contributed by atoms with Gasteiger partial charge in [-0.15, -0.1) is 0 Å². The summed E-state index contributed by atoms with van der Waals surface area (Å²) in [7, 11) is 0. The second kappa shape index (κ2) is 7.55. The zero-order chi connectivity index (χ0) is 20.5. The molecule has 0 radical (unpaired) electrons. The molecule has 146 valence electrons. The topological polar surface area (TPSA) is 40.6 Å². The van der Waals surface area contributed by atoms with Gasteiger partial charge in [0.25, 0.3) is 5.91 Å². The lowest BCUT2D eigenvalue weighted by molar-refractivity contribution is -0.128. The fraction of sp³-hybridized carbons (Fsp3) is 0.200. The molecule has 0 saturated carbocycles. The Balaban J connectivity index is 1.84. The zero-order valence-electron chi connectivity index (χ0n) is 16.9. The highest BCUT2D eigenvalue weighted by molar-refractivity contribution is 6.14. The summed E-state index contributed by atoms with van der Waals surface area (Å²) in [6, 6.07) is 22.4. The van der Waals surface area contributed by atoms with Gasteiger partial charge in [0.05, 0.1) is 0 Å². The molecule has 1 heterocycles. The summed E-state index contributed by atoms with van der Waals surface area (Å²) in [4.78, 5) is 30.3. The summed E-state index contributed by atoms with van der Waals surface area (Å²) < 4.78 is 0. The number of piperazine rings is 1. The molecule has 1 atom stereocenters. The molecule has 1 aliphatic rings. The number of rotatable bonds is 3. The number of anilines is 2. The van der Waals surface area contributed by atoms with Crippen LogP contribution in [0.1, 0.15) is 28.3 Å². The lowest BCUT2D eigenvalue weighted by Crippen LogP contribution is -2.56. The van der Waals surface area contributed by atoms with Crippen LogP contribution < -0.4 is 9.80 Å². The van der Waals surface area contributed by atoms with Gasteiger partial charge in [-0.05, 0) is 55.7 Å². The summed E-state index contributed by atoms with van der Waals surface area (Å²) in [6.07, 6.45) is 0. The Kier molecular flexibility index (Phi) is 4.93. The van der Waals surface area contributed by atoms with Crippen molar-refractivity contribution in [1.82, 2.24) is 0 Å². The predicted octanol–water partition coefficient (Wildman–Crippen LogP) is 4.73. The molecule has 1 saturated heterocycles. The number of aryl methyl sites for hydroxylation is 2. The summed E-state index contributed by atoms with van der Waals surface area (Å²) in [5, 5.41) is 0. The predicted molar refractivity (Wildman–Crippen MR) is 116 cm³/mol. The average Bonchev–Trinajstić information content (AvgIpc) is 2.73. The first kappa shape index (κ1) is 18.9. The van der Waals surface area contributed by atoms with Gasteiger partial charge in [0.2, 0.25) is 5.91 Å². The van der Waals surface area contributed by atoms with Crippen LogP contribution in [0.2, 0.25) is 0 Å². The molecule has 3 aromatic carbocycles. The molecule has 3 aromatic rings. The Hall–Kier alpha value is -3.40. The second-order valence-electron chi connectivity index (χ2n) is 7.56. The summed E-state index contributed by atoms with van der Waals surface area (Å²) in [5.41, 5.74) is 5.57. The maximum absolute atomic E-state index is 13.7. The minimum absolute atomic E-state index is 0.0282. The van der Waals surface area contributed by atoms with Crippen molar-refractivity contribution in [3.63, 3.8) is 0 Å². The number of hydrogen-bond donors (Lipinski definition) is 0. The first-order valence-electron chi connectivity index (χ1n) is 9.78. The van der Waals surface area contributed by atoms with Crippen LogP contribution in [0.3, 0.4) is 0 Å². The maximum Gasteiger partial charge on any atom is 0.255 e. The Morgan fingerprint density at radius 2 is 1.48 bits per heavy atom. The first-order valence-corrected chi connectivity index (χ1v) is 9.78. The van der Waals surface area contributed by atoms with Gasteiger partial charge < -0.3 is 4.90 Å². The summed E-state index contributed by atoms with van der Waals surface area (Å²) in [5.74, 6) is -0.187. The largest absolute Gasteiger partial charge is 0.301 e. The van der Waals surface area contributed by atoms with Crippen LogP contribution in [0.5, 0.6) is 0 Å². The summed E-state index contributed by atoms with van der Waals surface area (Å²) in [6.45, 7) is 6.05. The number of nitrogens with zero attached hydrogens (tertiary/aromatic N) is 2. The number of carbonyl (C=O) groups excluding carboxylic acids is 2. The van der Waals surface area contributed by atoms with Crippen molar-refractivity contribution in [3.05, 3.63) is 95.1 Å². The van der Waals surface area contributed by atoms with Gasteiger partial charge in [-0.25, -0.2) is 0 Å². The van der Waals surface area contributed by atoms with Crippen LogP contribution in [0.15, 0.2) is 72.8 Å². The molecular formula is C25H24N2O2. The molecule has 4 rings (SSSR count). The smallest absolute Gasteiger partial charge is 0.255 e. The average molecular weight is 384 g/mol. The molecule has 0 spiro atoms. The van der Waals surface area contributed by atoms with E-state index >= 15 is 0 Å². The third kappa shape index (κ3) is 3.42.